The summed E-state index contributed by atoms with van der Waals surface area (Å²) in [5.74, 6) is 1.86. The Bertz CT molecular complexity index is 1040. The summed E-state index contributed by atoms with van der Waals surface area (Å²) in [6.45, 7) is 9.37. The maximum absolute atomic E-state index is 13.3. The Balaban J connectivity index is 1.33. The molecule has 2 aliphatic heterocycles. The second-order valence-electron chi connectivity index (χ2n) is 11.2. The Morgan fingerprint density at radius 3 is 2.74 bits per heavy atom. The van der Waals surface area contributed by atoms with Crippen molar-refractivity contribution in [3.05, 3.63) is 59.2 Å². The number of amides is 1. The SMILES string of the molecule is C[C@@H]1CC[C@@H]2[C@@H](C1)c1c(ccc(C(=O)N[C@H]3CCCN(Cc4ccccc4)C3)c1O)OC2(C)C. The highest BCUT2D eigenvalue weighted by Gasteiger charge is 2.47. The smallest absolute Gasteiger partial charge is 0.255 e. The van der Waals surface area contributed by atoms with Crippen LogP contribution in [0.1, 0.15) is 80.3 Å². The molecular formula is C29H38N2O3. The number of ether oxygens (including phenoxy) is 1. The van der Waals surface area contributed by atoms with E-state index in [9.17, 15) is 9.90 Å². The van der Waals surface area contributed by atoms with Crippen molar-refractivity contribution in [3.63, 3.8) is 0 Å². The zero-order chi connectivity index (χ0) is 23.9. The Morgan fingerprint density at radius 1 is 1.15 bits per heavy atom. The van der Waals surface area contributed by atoms with Crippen LogP contribution in [0.3, 0.4) is 0 Å². The average Bonchev–Trinajstić information content (AvgIpc) is 2.79. The third kappa shape index (κ3) is 4.55. The predicted octanol–water partition coefficient (Wildman–Crippen LogP) is 5.48. The Hall–Kier alpha value is -2.53. The molecule has 0 aromatic heterocycles. The third-order valence-corrected chi connectivity index (χ3v) is 8.26. The molecule has 5 rings (SSSR count). The second kappa shape index (κ2) is 9.26. The van der Waals surface area contributed by atoms with Gasteiger partial charge in [0.05, 0.1) is 5.56 Å². The molecule has 182 valence electrons. The summed E-state index contributed by atoms with van der Waals surface area (Å²) in [5, 5.41) is 14.5. The van der Waals surface area contributed by atoms with Gasteiger partial charge in [-0.2, -0.15) is 0 Å². The van der Waals surface area contributed by atoms with Crippen molar-refractivity contribution in [2.75, 3.05) is 13.1 Å². The van der Waals surface area contributed by atoms with E-state index in [0.717, 1.165) is 56.6 Å². The van der Waals surface area contributed by atoms with Crippen molar-refractivity contribution < 1.29 is 14.6 Å². The predicted molar refractivity (Wildman–Crippen MR) is 134 cm³/mol. The molecule has 2 N–H and O–H groups in total. The van der Waals surface area contributed by atoms with Gasteiger partial charge in [0.25, 0.3) is 5.91 Å². The van der Waals surface area contributed by atoms with Gasteiger partial charge in [0.2, 0.25) is 0 Å². The summed E-state index contributed by atoms with van der Waals surface area (Å²) < 4.78 is 6.36. The molecule has 5 nitrogen and oxygen atoms in total. The number of aromatic hydroxyl groups is 1. The lowest BCUT2D eigenvalue weighted by atomic mass is 9.64. The number of piperidine rings is 1. The molecule has 0 spiro atoms. The van der Waals surface area contributed by atoms with Crippen LogP contribution in [0.25, 0.3) is 0 Å². The van der Waals surface area contributed by atoms with E-state index >= 15 is 0 Å². The number of phenols is 1. The van der Waals surface area contributed by atoms with Crippen LogP contribution < -0.4 is 10.1 Å². The Kier molecular flexibility index (Phi) is 6.32. The highest BCUT2D eigenvalue weighted by Crippen LogP contribution is 2.55. The van der Waals surface area contributed by atoms with E-state index in [1.54, 1.807) is 6.07 Å². The third-order valence-electron chi connectivity index (χ3n) is 8.26. The Morgan fingerprint density at radius 2 is 1.94 bits per heavy atom. The van der Waals surface area contributed by atoms with Gasteiger partial charge in [-0.3, -0.25) is 9.69 Å². The average molecular weight is 463 g/mol. The number of carbonyl (C=O) groups excluding carboxylic acids is 1. The van der Waals surface area contributed by atoms with Gasteiger partial charge in [-0.05, 0) is 75.6 Å². The van der Waals surface area contributed by atoms with E-state index in [2.05, 4.69) is 55.3 Å². The van der Waals surface area contributed by atoms with Crippen LogP contribution in [-0.4, -0.2) is 40.6 Å². The summed E-state index contributed by atoms with van der Waals surface area (Å²) in [7, 11) is 0. The summed E-state index contributed by atoms with van der Waals surface area (Å²) in [6.07, 6.45) is 5.32. The van der Waals surface area contributed by atoms with Crippen LogP contribution in [-0.2, 0) is 6.54 Å². The first-order chi connectivity index (χ1) is 16.3. The van der Waals surface area contributed by atoms with Gasteiger partial charge in [-0.25, -0.2) is 0 Å². The molecule has 2 aromatic rings. The maximum atomic E-state index is 13.3. The molecule has 3 aliphatic rings. The molecule has 1 saturated carbocycles. The summed E-state index contributed by atoms with van der Waals surface area (Å²) >= 11 is 0. The van der Waals surface area contributed by atoms with Crippen molar-refractivity contribution in [1.29, 1.82) is 0 Å². The van der Waals surface area contributed by atoms with Crippen LogP contribution in [0.2, 0.25) is 0 Å². The molecule has 1 amide bonds. The molecule has 0 unspecified atom stereocenters. The van der Waals surface area contributed by atoms with E-state index in [1.165, 1.54) is 12.0 Å². The zero-order valence-corrected chi connectivity index (χ0v) is 20.7. The first-order valence-electron chi connectivity index (χ1n) is 12.9. The lowest BCUT2D eigenvalue weighted by molar-refractivity contribution is -0.0145. The van der Waals surface area contributed by atoms with E-state index in [-0.39, 0.29) is 29.2 Å². The number of carbonyl (C=O) groups is 1. The quantitative estimate of drug-likeness (QED) is 0.632. The van der Waals surface area contributed by atoms with Gasteiger partial charge in [0.15, 0.2) is 0 Å². The van der Waals surface area contributed by atoms with E-state index < -0.39 is 0 Å². The van der Waals surface area contributed by atoms with Crippen LogP contribution in [0, 0.1) is 11.8 Å². The first kappa shape index (κ1) is 23.2. The summed E-state index contributed by atoms with van der Waals surface area (Å²) in [6, 6.07) is 14.2. The normalized spacial score (nSPS) is 28.3. The minimum atomic E-state index is -0.266. The number of fused-ring (bicyclic) bond motifs is 3. The van der Waals surface area contributed by atoms with E-state index in [4.69, 9.17) is 4.74 Å². The van der Waals surface area contributed by atoms with Crippen molar-refractivity contribution in [3.8, 4) is 11.5 Å². The van der Waals surface area contributed by atoms with E-state index in [0.29, 0.717) is 17.4 Å². The molecule has 2 aromatic carbocycles. The van der Waals surface area contributed by atoms with Gasteiger partial charge in [0, 0.05) is 30.6 Å². The van der Waals surface area contributed by atoms with Gasteiger partial charge in [-0.1, -0.05) is 43.7 Å². The molecule has 0 radical (unpaired) electrons. The molecule has 0 bridgehead atoms. The van der Waals surface area contributed by atoms with E-state index in [1.807, 2.05) is 12.1 Å². The van der Waals surface area contributed by atoms with Crippen molar-refractivity contribution in [1.82, 2.24) is 10.2 Å². The largest absolute Gasteiger partial charge is 0.507 e. The molecule has 1 saturated heterocycles. The minimum absolute atomic E-state index is 0.0815. The minimum Gasteiger partial charge on any atom is -0.507 e. The number of rotatable bonds is 4. The fraction of sp³-hybridized carbons (Fsp3) is 0.552. The molecule has 2 fully saturated rings. The van der Waals surface area contributed by atoms with Gasteiger partial charge in [-0.15, -0.1) is 0 Å². The second-order valence-corrected chi connectivity index (χ2v) is 11.2. The fourth-order valence-electron chi connectivity index (χ4n) is 6.53. The lowest BCUT2D eigenvalue weighted by Crippen LogP contribution is -2.48. The highest BCUT2D eigenvalue weighted by molar-refractivity contribution is 5.98. The zero-order valence-electron chi connectivity index (χ0n) is 20.7. The number of hydrogen-bond donors (Lipinski definition) is 2. The number of likely N-dealkylation sites (tertiary alicyclic amines) is 1. The summed E-state index contributed by atoms with van der Waals surface area (Å²) in [5.41, 5.74) is 2.25. The number of phenolic OH excluding ortho intramolecular Hbond substituents is 1. The number of benzene rings is 2. The topological polar surface area (TPSA) is 61.8 Å². The van der Waals surface area contributed by atoms with Gasteiger partial charge in [0.1, 0.15) is 17.1 Å². The van der Waals surface area contributed by atoms with Crippen molar-refractivity contribution >= 4 is 5.91 Å². The van der Waals surface area contributed by atoms with Crippen LogP contribution in [0.4, 0.5) is 0 Å². The lowest BCUT2D eigenvalue weighted by Gasteiger charge is -2.48. The number of hydrogen-bond acceptors (Lipinski definition) is 4. The molecule has 34 heavy (non-hydrogen) atoms. The molecule has 5 heteroatoms. The van der Waals surface area contributed by atoms with Crippen LogP contribution in [0.5, 0.6) is 11.5 Å². The molecule has 1 aliphatic carbocycles. The number of nitrogens with one attached hydrogen (secondary N) is 1. The van der Waals surface area contributed by atoms with Crippen molar-refractivity contribution in [2.45, 2.75) is 77.0 Å². The van der Waals surface area contributed by atoms with Crippen LogP contribution in [0.15, 0.2) is 42.5 Å². The van der Waals surface area contributed by atoms with Gasteiger partial charge < -0.3 is 15.2 Å². The molecule has 4 atom stereocenters. The van der Waals surface area contributed by atoms with Gasteiger partial charge >= 0.3 is 0 Å². The number of nitrogens with zero attached hydrogens (tertiary/aromatic N) is 1. The standard InChI is InChI=1S/C29H38N2O3/c1-19-11-13-24-23(16-19)26-25(34-29(24,2)3)14-12-22(27(26)32)28(33)30-21-10-7-15-31(18-21)17-20-8-5-4-6-9-20/h4-6,8-9,12,14,19,21,23-24,32H,7,10-11,13,15-18H2,1-3H3,(H,30,33)/t19-,21+,23-,24-/m1/s1. The van der Waals surface area contributed by atoms with Crippen molar-refractivity contribution in [2.24, 2.45) is 11.8 Å². The summed E-state index contributed by atoms with van der Waals surface area (Å²) in [4.78, 5) is 15.7. The maximum Gasteiger partial charge on any atom is 0.255 e. The highest BCUT2D eigenvalue weighted by atomic mass is 16.5. The Labute approximate surface area is 203 Å². The molecule has 2 heterocycles. The monoisotopic (exact) mass is 462 g/mol. The first-order valence-corrected chi connectivity index (χ1v) is 12.9. The van der Waals surface area contributed by atoms with Crippen LogP contribution >= 0.6 is 0 Å². The fourth-order valence-corrected chi connectivity index (χ4v) is 6.53. The molecular weight excluding hydrogens is 424 g/mol.